The van der Waals surface area contributed by atoms with Gasteiger partial charge in [-0.05, 0) is 47.9 Å². The van der Waals surface area contributed by atoms with Crippen LogP contribution in [0.5, 0.6) is 5.75 Å². The lowest BCUT2D eigenvalue weighted by Gasteiger charge is -2.09. The molecule has 0 bridgehead atoms. The zero-order valence-electron chi connectivity index (χ0n) is 14.7. The fraction of sp³-hybridized carbons (Fsp3) is 0.316. The molecule has 1 amide bonds. The maximum atomic E-state index is 12.3. The van der Waals surface area contributed by atoms with Crippen molar-refractivity contribution in [1.82, 2.24) is 0 Å². The summed E-state index contributed by atoms with van der Waals surface area (Å²) in [5, 5.41) is 2.73. The van der Waals surface area contributed by atoms with E-state index in [0.717, 1.165) is 0 Å². The number of ether oxygens (including phenoxy) is 1. The summed E-state index contributed by atoms with van der Waals surface area (Å²) in [5.41, 5.74) is 1.84. The molecule has 0 aliphatic rings. The third-order valence-electron chi connectivity index (χ3n) is 3.88. The Balaban J connectivity index is 1.93. The van der Waals surface area contributed by atoms with Crippen molar-refractivity contribution < 1.29 is 17.9 Å². The second-order valence-corrected chi connectivity index (χ2v) is 8.18. The van der Waals surface area contributed by atoms with Crippen LogP contribution in [0.3, 0.4) is 0 Å². The van der Waals surface area contributed by atoms with Crippen LogP contribution in [-0.2, 0) is 14.6 Å². The van der Waals surface area contributed by atoms with E-state index < -0.39 is 9.84 Å². The van der Waals surface area contributed by atoms with E-state index >= 15 is 0 Å². The molecule has 1 N–H and O–H groups in total. The number of anilines is 1. The highest BCUT2D eigenvalue weighted by Gasteiger charge is 2.16. The quantitative estimate of drug-likeness (QED) is 0.817. The first-order valence-electron chi connectivity index (χ1n) is 8.08. The van der Waals surface area contributed by atoms with Crippen LogP contribution in [0.4, 0.5) is 5.69 Å². The van der Waals surface area contributed by atoms with Gasteiger partial charge in [-0.25, -0.2) is 8.42 Å². The number of benzene rings is 2. The number of hydrogen-bond donors (Lipinski definition) is 1. The van der Waals surface area contributed by atoms with Crippen LogP contribution in [0.1, 0.15) is 31.7 Å². The van der Waals surface area contributed by atoms with Crippen molar-refractivity contribution in [2.45, 2.75) is 31.1 Å². The van der Waals surface area contributed by atoms with Crippen molar-refractivity contribution in [1.29, 1.82) is 0 Å². The van der Waals surface area contributed by atoms with Gasteiger partial charge in [-0.3, -0.25) is 4.79 Å². The number of carbonyl (C=O) groups excluding carboxylic acids is 1. The number of nitrogens with one attached hydrogen (secondary N) is 1. The molecule has 0 saturated heterocycles. The van der Waals surface area contributed by atoms with Crippen molar-refractivity contribution in [2.24, 2.45) is 0 Å². The second kappa shape index (κ2) is 8.16. The smallest absolute Gasteiger partial charge is 0.225 e. The van der Waals surface area contributed by atoms with E-state index in [0.29, 0.717) is 17.4 Å². The Morgan fingerprint density at radius 3 is 2.16 bits per heavy atom. The van der Waals surface area contributed by atoms with E-state index in [1.165, 1.54) is 24.8 Å². The van der Waals surface area contributed by atoms with Crippen LogP contribution in [0.25, 0.3) is 0 Å². The van der Waals surface area contributed by atoms with E-state index in [1.807, 2.05) is 24.3 Å². The number of rotatable bonds is 7. The largest absolute Gasteiger partial charge is 0.497 e. The minimum atomic E-state index is -3.51. The van der Waals surface area contributed by atoms with Gasteiger partial charge in [0.15, 0.2) is 9.84 Å². The van der Waals surface area contributed by atoms with Crippen LogP contribution in [0, 0.1) is 0 Å². The van der Waals surface area contributed by atoms with Gasteiger partial charge in [-0.1, -0.05) is 26.0 Å². The third kappa shape index (κ3) is 5.32. The minimum absolute atomic E-state index is 0.0969. The van der Waals surface area contributed by atoms with Gasteiger partial charge in [-0.15, -0.1) is 0 Å². The number of amides is 1. The van der Waals surface area contributed by atoms with E-state index in [9.17, 15) is 13.2 Å². The van der Waals surface area contributed by atoms with Crippen molar-refractivity contribution in [3.63, 3.8) is 0 Å². The SMILES string of the molecule is COc1ccc(S(=O)(=O)CCC(=O)Nc2ccc(C(C)C)cc2)cc1. The summed E-state index contributed by atoms with van der Waals surface area (Å²) in [6.07, 6.45) is -0.0969. The van der Waals surface area contributed by atoms with E-state index in [2.05, 4.69) is 19.2 Å². The average Bonchev–Trinajstić information content (AvgIpc) is 2.60. The third-order valence-corrected chi connectivity index (χ3v) is 5.61. The first-order valence-corrected chi connectivity index (χ1v) is 9.73. The molecule has 0 spiro atoms. The van der Waals surface area contributed by atoms with Gasteiger partial charge < -0.3 is 10.1 Å². The van der Waals surface area contributed by atoms with E-state index in [1.54, 1.807) is 12.1 Å². The Morgan fingerprint density at radius 1 is 1.04 bits per heavy atom. The van der Waals surface area contributed by atoms with Crippen molar-refractivity contribution in [2.75, 3.05) is 18.2 Å². The predicted molar refractivity (Wildman–Crippen MR) is 98.8 cm³/mol. The highest BCUT2D eigenvalue weighted by Crippen LogP contribution is 2.19. The molecule has 134 valence electrons. The molecular formula is C19H23NO4S. The van der Waals surface area contributed by atoms with Gasteiger partial charge in [-0.2, -0.15) is 0 Å². The van der Waals surface area contributed by atoms with Gasteiger partial charge >= 0.3 is 0 Å². The lowest BCUT2D eigenvalue weighted by Crippen LogP contribution is -2.17. The summed E-state index contributed by atoms with van der Waals surface area (Å²) < 4.78 is 29.6. The Labute approximate surface area is 148 Å². The summed E-state index contributed by atoms with van der Waals surface area (Å²) in [4.78, 5) is 12.2. The van der Waals surface area contributed by atoms with Gasteiger partial charge in [0.1, 0.15) is 5.75 Å². The van der Waals surface area contributed by atoms with Crippen LogP contribution in [-0.4, -0.2) is 27.2 Å². The summed E-state index contributed by atoms with van der Waals surface area (Å²) >= 11 is 0. The maximum absolute atomic E-state index is 12.3. The lowest BCUT2D eigenvalue weighted by atomic mass is 10.0. The normalized spacial score (nSPS) is 11.4. The van der Waals surface area contributed by atoms with Crippen LogP contribution in [0.15, 0.2) is 53.4 Å². The number of carbonyl (C=O) groups is 1. The monoisotopic (exact) mass is 361 g/mol. The molecule has 0 aliphatic carbocycles. The van der Waals surface area contributed by atoms with Gasteiger partial charge in [0, 0.05) is 12.1 Å². The van der Waals surface area contributed by atoms with Crippen LogP contribution < -0.4 is 10.1 Å². The summed E-state index contributed by atoms with van der Waals surface area (Å²) in [6, 6.07) is 13.7. The van der Waals surface area contributed by atoms with Gasteiger partial charge in [0.05, 0.1) is 17.8 Å². The van der Waals surface area contributed by atoms with Crippen molar-refractivity contribution in [3.05, 3.63) is 54.1 Å². The Morgan fingerprint density at radius 2 is 1.64 bits per heavy atom. The topological polar surface area (TPSA) is 72.5 Å². The van der Waals surface area contributed by atoms with Crippen molar-refractivity contribution >= 4 is 21.4 Å². The summed E-state index contributed by atoms with van der Waals surface area (Å²) in [5.74, 6) is 0.435. The highest BCUT2D eigenvalue weighted by atomic mass is 32.2. The predicted octanol–water partition coefficient (Wildman–Crippen LogP) is 3.62. The van der Waals surface area contributed by atoms with E-state index in [-0.39, 0.29) is 23.0 Å². The Kier molecular flexibility index (Phi) is 6.20. The summed E-state index contributed by atoms with van der Waals surface area (Å²) in [7, 11) is -1.99. The minimum Gasteiger partial charge on any atom is -0.497 e. The van der Waals surface area contributed by atoms with Crippen LogP contribution in [0.2, 0.25) is 0 Å². The number of methoxy groups -OCH3 is 1. The molecule has 2 aromatic rings. The zero-order chi connectivity index (χ0) is 18.4. The molecule has 6 heteroatoms. The molecule has 0 aromatic heterocycles. The standard InChI is InChI=1S/C19H23NO4S/c1-14(2)15-4-6-16(7-5-15)20-19(21)12-13-25(22,23)18-10-8-17(24-3)9-11-18/h4-11,14H,12-13H2,1-3H3,(H,20,21). The molecule has 0 radical (unpaired) electrons. The molecule has 0 atom stereocenters. The second-order valence-electron chi connectivity index (χ2n) is 6.07. The first-order chi connectivity index (χ1) is 11.8. The molecule has 5 nitrogen and oxygen atoms in total. The Bertz CT molecular complexity index is 810. The fourth-order valence-electron chi connectivity index (χ4n) is 2.30. The lowest BCUT2D eigenvalue weighted by molar-refractivity contribution is -0.115. The average molecular weight is 361 g/mol. The maximum Gasteiger partial charge on any atom is 0.225 e. The summed E-state index contributed by atoms with van der Waals surface area (Å²) in [6.45, 7) is 4.19. The van der Waals surface area contributed by atoms with Gasteiger partial charge in [0.2, 0.25) is 5.91 Å². The molecule has 2 rings (SSSR count). The molecule has 0 heterocycles. The molecule has 0 unspecified atom stereocenters. The van der Waals surface area contributed by atoms with Crippen molar-refractivity contribution in [3.8, 4) is 5.75 Å². The number of sulfone groups is 1. The van der Waals surface area contributed by atoms with Gasteiger partial charge in [0.25, 0.3) is 0 Å². The Hall–Kier alpha value is -2.34. The molecule has 25 heavy (non-hydrogen) atoms. The molecule has 0 saturated carbocycles. The molecule has 2 aromatic carbocycles. The van der Waals surface area contributed by atoms with Crippen LogP contribution >= 0.6 is 0 Å². The molecular weight excluding hydrogens is 338 g/mol. The zero-order valence-corrected chi connectivity index (χ0v) is 15.5. The fourth-order valence-corrected chi connectivity index (χ4v) is 3.54. The first kappa shape index (κ1) is 19.0. The van der Waals surface area contributed by atoms with E-state index in [4.69, 9.17) is 4.74 Å². The molecule has 0 aliphatic heterocycles. The number of hydrogen-bond acceptors (Lipinski definition) is 4. The highest BCUT2D eigenvalue weighted by molar-refractivity contribution is 7.91. The molecule has 0 fully saturated rings.